The molecule has 0 fully saturated rings. The van der Waals surface area contributed by atoms with Gasteiger partial charge in [0.15, 0.2) is 21.5 Å². The van der Waals surface area contributed by atoms with Crippen LogP contribution in [0.2, 0.25) is 0 Å². The SMILES string of the molecule is COc1ccnc(NC(c2cccc(S(C)(=O)=O)c2)c2ccc(F)c(F)c2)n1. The van der Waals surface area contributed by atoms with E-state index in [4.69, 9.17) is 4.74 Å². The number of aromatic nitrogens is 2. The monoisotopic (exact) mass is 405 g/mol. The highest BCUT2D eigenvalue weighted by Gasteiger charge is 2.19. The maximum Gasteiger partial charge on any atom is 0.226 e. The van der Waals surface area contributed by atoms with Crippen LogP contribution in [0.3, 0.4) is 0 Å². The highest BCUT2D eigenvalue weighted by atomic mass is 32.2. The minimum absolute atomic E-state index is 0.103. The lowest BCUT2D eigenvalue weighted by atomic mass is 9.98. The molecule has 6 nitrogen and oxygen atoms in total. The standard InChI is InChI=1S/C19H17F2N3O3S/c1-27-17-8-9-22-19(23-17)24-18(13-6-7-15(20)16(21)11-13)12-4-3-5-14(10-12)28(2,25)26/h3-11,18H,1-2H3,(H,22,23,24). The van der Waals surface area contributed by atoms with Crippen molar-refractivity contribution in [2.75, 3.05) is 18.7 Å². The van der Waals surface area contributed by atoms with Crippen molar-refractivity contribution in [3.05, 3.63) is 77.5 Å². The van der Waals surface area contributed by atoms with Gasteiger partial charge in [-0.2, -0.15) is 4.98 Å². The molecule has 0 aliphatic carbocycles. The maximum absolute atomic E-state index is 13.8. The number of methoxy groups -OCH3 is 1. The molecule has 3 rings (SSSR count). The van der Waals surface area contributed by atoms with E-state index in [1.807, 2.05) is 0 Å². The Morgan fingerprint density at radius 2 is 1.79 bits per heavy atom. The first-order valence-electron chi connectivity index (χ1n) is 8.16. The zero-order valence-electron chi connectivity index (χ0n) is 15.1. The lowest BCUT2D eigenvalue weighted by molar-refractivity contribution is 0.397. The topological polar surface area (TPSA) is 81.2 Å². The molecule has 1 aromatic heterocycles. The largest absolute Gasteiger partial charge is 0.481 e. The summed E-state index contributed by atoms with van der Waals surface area (Å²) in [6.07, 6.45) is 2.57. The van der Waals surface area contributed by atoms with E-state index in [1.165, 1.54) is 31.5 Å². The van der Waals surface area contributed by atoms with Gasteiger partial charge >= 0.3 is 0 Å². The molecule has 28 heavy (non-hydrogen) atoms. The number of nitrogens with zero attached hydrogens (tertiary/aromatic N) is 2. The first kappa shape index (κ1) is 19.7. The molecule has 146 valence electrons. The van der Waals surface area contributed by atoms with Gasteiger partial charge in [0.2, 0.25) is 11.8 Å². The molecule has 0 amide bonds. The number of benzene rings is 2. The maximum atomic E-state index is 13.8. The molecule has 0 bridgehead atoms. The highest BCUT2D eigenvalue weighted by molar-refractivity contribution is 7.90. The lowest BCUT2D eigenvalue weighted by Crippen LogP contribution is -2.15. The number of sulfone groups is 1. The Hall–Kier alpha value is -3.07. The summed E-state index contributed by atoms with van der Waals surface area (Å²) >= 11 is 0. The van der Waals surface area contributed by atoms with Crippen LogP contribution in [0.4, 0.5) is 14.7 Å². The van der Waals surface area contributed by atoms with Gasteiger partial charge in [-0.1, -0.05) is 18.2 Å². The van der Waals surface area contributed by atoms with Crippen LogP contribution in [0.5, 0.6) is 5.88 Å². The fourth-order valence-electron chi connectivity index (χ4n) is 2.63. The lowest BCUT2D eigenvalue weighted by Gasteiger charge is -2.20. The van der Waals surface area contributed by atoms with Gasteiger partial charge in [-0.05, 0) is 35.4 Å². The first-order chi connectivity index (χ1) is 13.3. The fraction of sp³-hybridized carbons (Fsp3) is 0.158. The van der Waals surface area contributed by atoms with Gasteiger partial charge in [-0.3, -0.25) is 0 Å². The Bertz CT molecular complexity index is 1110. The summed E-state index contributed by atoms with van der Waals surface area (Å²) in [6, 6.07) is 10.5. The summed E-state index contributed by atoms with van der Waals surface area (Å²) in [7, 11) is -2.00. The number of nitrogens with one attached hydrogen (secondary N) is 1. The van der Waals surface area contributed by atoms with Crippen LogP contribution < -0.4 is 10.1 Å². The highest BCUT2D eigenvalue weighted by Crippen LogP contribution is 2.28. The summed E-state index contributed by atoms with van der Waals surface area (Å²) in [5.74, 6) is -1.51. The van der Waals surface area contributed by atoms with E-state index >= 15 is 0 Å². The van der Waals surface area contributed by atoms with E-state index in [9.17, 15) is 17.2 Å². The fourth-order valence-corrected chi connectivity index (χ4v) is 3.31. The normalized spacial score (nSPS) is 12.4. The van der Waals surface area contributed by atoms with Crippen LogP contribution in [0.1, 0.15) is 17.2 Å². The summed E-state index contributed by atoms with van der Waals surface area (Å²) in [5, 5.41) is 3.03. The van der Waals surface area contributed by atoms with E-state index in [2.05, 4.69) is 15.3 Å². The summed E-state index contributed by atoms with van der Waals surface area (Å²) < 4.78 is 56.1. The van der Waals surface area contributed by atoms with Gasteiger partial charge in [0.1, 0.15) is 0 Å². The Balaban J connectivity index is 2.10. The predicted octanol–water partition coefficient (Wildman–Crippen LogP) is 3.37. The average Bonchev–Trinajstić information content (AvgIpc) is 2.68. The Kier molecular flexibility index (Phi) is 5.55. The molecular formula is C19H17F2N3O3S. The molecule has 0 aliphatic heterocycles. The van der Waals surface area contributed by atoms with Crippen molar-refractivity contribution in [2.45, 2.75) is 10.9 Å². The van der Waals surface area contributed by atoms with Gasteiger partial charge in [-0.15, -0.1) is 0 Å². The van der Waals surface area contributed by atoms with Crippen molar-refractivity contribution >= 4 is 15.8 Å². The van der Waals surface area contributed by atoms with Gasteiger partial charge in [0.05, 0.1) is 18.0 Å². The summed E-state index contributed by atoms with van der Waals surface area (Å²) in [6.45, 7) is 0. The minimum Gasteiger partial charge on any atom is -0.481 e. The third-order valence-corrected chi connectivity index (χ3v) is 5.12. The number of ether oxygens (including phenoxy) is 1. The molecule has 3 aromatic rings. The van der Waals surface area contributed by atoms with Crippen LogP contribution in [0.25, 0.3) is 0 Å². The second kappa shape index (κ2) is 7.89. The molecule has 0 saturated heterocycles. The smallest absolute Gasteiger partial charge is 0.226 e. The molecule has 0 saturated carbocycles. The van der Waals surface area contributed by atoms with E-state index < -0.39 is 27.5 Å². The molecule has 1 atom stereocenters. The average molecular weight is 405 g/mol. The number of anilines is 1. The van der Waals surface area contributed by atoms with Crippen LogP contribution in [0.15, 0.2) is 59.6 Å². The van der Waals surface area contributed by atoms with E-state index in [0.717, 1.165) is 18.4 Å². The van der Waals surface area contributed by atoms with Gasteiger partial charge in [-0.25, -0.2) is 22.2 Å². The van der Waals surface area contributed by atoms with E-state index in [-0.39, 0.29) is 10.8 Å². The second-order valence-corrected chi connectivity index (χ2v) is 8.03. The zero-order valence-corrected chi connectivity index (χ0v) is 15.9. The van der Waals surface area contributed by atoms with Crippen LogP contribution in [0, 0.1) is 11.6 Å². The quantitative estimate of drug-likeness (QED) is 0.677. The van der Waals surface area contributed by atoms with Crippen molar-refractivity contribution in [2.24, 2.45) is 0 Å². The Labute approximate surface area is 161 Å². The van der Waals surface area contributed by atoms with Gasteiger partial charge in [0, 0.05) is 18.5 Å². The van der Waals surface area contributed by atoms with E-state index in [1.54, 1.807) is 18.2 Å². The number of rotatable bonds is 6. The van der Waals surface area contributed by atoms with Crippen molar-refractivity contribution in [3.8, 4) is 5.88 Å². The molecule has 0 aliphatic rings. The molecule has 1 N–H and O–H groups in total. The Morgan fingerprint density at radius 3 is 2.46 bits per heavy atom. The van der Waals surface area contributed by atoms with Crippen molar-refractivity contribution < 1.29 is 21.9 Å². The van der Waals surface area contributed by atoms with Crippen LogP contribution >= 0.6 is 0 Å². The number of halogens is 2. The van der Waals surface area contributed by atoms with Crippen molar-refractivity contribution in [1.82, 2.24) is 9.97 Å². The molecule has 9 heteroatoms. The second-order valence-electron chi connectivity index (χ2n) is 6.02. The zero-order chi connectivity index (χ0) is 20.3. The predicted molar refractivity (Wildman–Crippen MR) is 100.0 cm³/mol. The summed E-state index contributed by atoms with van der Waals surface area (Å²) in [4.78, 5) is 8.37. The van der Waals surface area contributed by atoms with E-state index in [0.29, 0.717) is 17.0 Å². The minimum atomic E-state index is -3.45. The summed E-state index contributed by atoms with van der Waals surface area (Å²) in [5.41, 5.74) is 0.885. The van der Waals surface area contributed by atoms with Crippen molar-refractivity contribution in [3.63, 3.8) is 0 Å². The molecule has 2 aromatic carbocycles. The molecular weight excluding hydrogens is 388 g/mol. The van der Waals surface area contributed by atoms with Gasteiger partial charge < -0.3 is 10.1 Å². The number of hydrogen-bond acceptors (Lipinski definition) is 6. The van der Waals surface area contributed by atoms with Crippen molar-refractivity contribution in [1.29, 1.82) is 0 Å². The molecule has 0 radical (unpaired) electrons. The third-order valence-electron chi connectivity index (χ3n) is 4.01. The van der Waals surface area contributed by atoms with Crippen LogP contribution in [-0.4, -0.2) is 31.8 Å². The van der Waals surface area contributed by atoms with Crippen LogP contribution in [-0.2, 0) is 9.84 Å². The number of hydrogen-bond donors (Lipinski definition) is 1. The van der Waals surface area contributed by atoms with Gasteiger partial charge in [0.25, 0.3) is 0 Å². The molecule has 1 unspecified atom stereocenters. The Morgan fingerprint density at radius 1 is 1.04 bits per heavy atom. The molecule has 0 spiro atoms. The third kappa shape index (κ3) is 4.42. The molecule has 1 heterocycles. The first-order valence-corrected chi connectivity index (χ1v) is 10.1.